The molecule has 5 nitrogen and oxygen atoms in total. The third-order valence-corrected chi connectivity index (χ3v) is 8.28. The van der Waals surface area contributed by atoms with Gasteiger partial charge < -0.3 is 14.6 Å². The first-order chi connectivity index (χ1) is 15.4. The number of halogens is 3. The van der Waals surface area contributed by atoms with Crippen molar-refractivity contribution in [2.24, 2.45) is 5.92 Å². The summed E-state index contributed by atoms with van der Waals surface area (Å²) in [6, 6.07) is 11.3. The maximum absolute atomic E-state index is 11.8. The van der Waals surface area contributed by atoms with E-state index in [4.69, 9.17) is 44.3 Å². The smallest absolute Gasteiger partial charge is 0.156 e. The monoisotopic (exact) mass is 536 g/mol. The van der Waals surface area contributed by atoms with Crippen molar-refractivity contribution in [2.45, 2.75) is 39.2 Å². The van der Waals surface area contributed by atoms with Gasteiger partial charge in [0.1, 0.15) is 28.3 Å². The second kappa shape index (κ2) is 12.0. The van der Waals surface area contributed by atoms with Gasteiger partial charge in [-0.25, -0.2) is 8.42 Å². The van der Waals surface area contributed by atoms with Crippen molar-refractivity contribution in [3.05, 3.63) is 57.6 Å². The summed E-state index contributed by atoms with van der Waals surface area (Å²) in [6.45, 7) is 7.95. The topological polar surface area (TPSA) is 72.8 Å². The molecule has 0 radical (unpaired) electrons. The Balaban J connectivity index is 2.12. The van der Waals surface area contributed by atoms with Gasteiger partial charge in [-0.15, -0.1) is 11.6 Å². The van der Waals surface area contributed by atoms with Crippen LogP contribution < -0.4 is 9.47 Å². The molecule has 2 aromatic rings. The molecule has 0 amide bonds. The van der Waals surface area contributed by atoms with Gasteiger partial charge in [-0.1, -0.05) is 63.0 Å². The lowest BCUT2D eigenvalue weighted by Gasteiger charge is -2.27. The molecule has 1 N–H and O–H groups in total. The van der Waals surface area contributed by atoms with Gasteiger partial charge >= 0.3 is 0 Å². The fourth-order valence-corrected chi connectivity index (χ4v) is 5.14. The molecule has 2 rings (SSSR count). The molecule has 0 fully saturated rings. The molecule has 2 aromatic carbocycles. The average Bonchev–Trinajstić information content (AvgIpc) is 2.76. The molecule has 2 atom stereocenters. The highest BCUT2D eigenvalue weighted by Crippen LogP contribution is 2.40. The number of aliphatic hydroxyl groups is 1. The molecule has 0 bridgehead atoms. The van der Waals surface area contributed by atoms with Crippen molar-refractivity contribution < 1.29 is 23.0 Å². The largest absolute Gasteiger partial charge is 0.493 e. The van der Waals surface area contributed by atoms with Crippen LogP contribution in [0.15, 0.2) is 36.4 Å². The number of hydrogen-bond acceptors (Lipinski definition) is 5. The van der Waals surface area contributed by atoms with E-state index in [1.54, 1.807) is 19.1 Å². The Morgan fingerprint density at radius 3 is 2.09 bits per heavy atom. The van der Waals surface area contributed by atoms with Crippen LogP contribution in [0.5, 0.6) is 11.5 Å². The Bertz CT molecular complexity index is 1000. The van der Waals surface area contributed by atoms with Gasteiger partial charge in [-0.05, 0) is 35.4 Å². The summed E-state index contributed by atoms with van der Waals surface area (Å²) in [7, 11) is -3.03. The summed E-state index contributed by atoms with van der Waals surface area (Å²) in [5, 5.41) is 10.3. The Hall–Kier alpha value is -1.18. The Morgan fingerprint density at radius 2 is 1.58 bits per heavy atom. The summed E-state index contributed by atoms with van der Waals surface area (Å²) < 4.78 is 34.9. The summed E-state index contributed by atoms with van der Waals surface area (Å²) in [5.41, 5.74) is 1.51. The first-order valence-electron chi connectivity index (χ1n) is 10.7. The number of sulfone groups is 1. The van der Waals surface area contributed by atoms with E-state index in [0.29, 0.717) is 28.2 Å². The minimum atomic E-state index is -3.03. The molecule has 9 heteroatoms. The van der Waals surface area contributed by atoms with Gasteiger partial charge in [0.15, 0.2) is 5.75 Å². The van der Waals surface area contributed by atoms with Crippen molar-refractivity contribution in [1.82, 2.24) is 0 Å². The zero-order valence-corrected chi connectivity index (χ0v) is 22.4. The Kier molecular flexibility index (Phi) is 10.2. The molecular weight excluding hydrogens is 507 g/mol. The third kappa shape index (κ3) is 7.93. The maximum atomic E-state index is 11.8. The fraction of sp³-hybridized carbons (Fsp3) is 0.500. The normalized spacial score (nSPS) is 14.1. The maximum Gasteiger partial charge on any atom is 0.156 e. The van der Waals surface area contributed by atoms with Crippen molar-refractivity contribution in [3.63, 3.8) is 0 Å². The van der Waals surface area contributed by atoms with Crippen LogP contribution in [0.3, 0.4) is 0 Å². The molecule has 0 heterocycles. The zero-order valence-electron chi connectivity index (χ0n) is 19.3. The lowest BCUT2D eigenvalue weighted by molar-refractivity contribution is 0.125. The van der Waals surface area contributed by atoms with Gasteiger partial charge in [0, 0.05) is 17.1 Å². The standard InChI is InChI=1S/C24H31Cl3O5S/c1-5-33(29,30)15-16(2)13-31-20-8-6-17(7-9-20)24(3,4)18-10-21(26)23(22(27)11-18)32-14-19(28)12-25/h6-11,16,19,28H,5,12-15H2,1-4H3/t16-,19-/m0/s1. The van der Waals surface area contributed by atoms with Crippen LogP contribution in [0.4, 0.5) is 0 Å². The van der Waals surface area contributed by atoms with Gasteiger partial charge in [-0.2, -0.15) is 0 Å². The molecule has 0 spiro atoms. The number of rotatable bonds is 12. The predicted molar refractivity (Wildman–Crippen MR) is 136 cm³/mol. The summed E-state index contributed by atoms with van der Waals surface area (Å²) in [5.74, 6) is 1.19. The third-order valence-electron chi connectivity index (χ3n) is 5.41. The lowest BCUT2D eigenvalue weighted by atomic mass is 9.78. The molecule has 33 heavy (non-hydrogen) atoms. The van der Waals surface area contributed by atoms with Crippen molar-refractivity contribution in [1.29, 1.82) is 0 Å². The zero-order chi connectivity index (χ0) is 24.8. The van der Waals surface area contributed by atoms with Crippen molar-refractivity contribution in [2.75, 3.05) is 30.6 Å². The second-order valence-corrected chi connectivity index (χ2v) is 12.2. The number of aliphatic hydroxyl groups excluding tert-OH is 1. The molecule has 0 aromatic heterocycles. The highest BCUT2D eigenvalue weighted by Gasteiger charge is 2.26. The van der Waals surface area contributed by atoms with Crippen LogP contribution in [-0.2, 0) is 15.3 Å². The number of ether oxygens (including phenoxy) is 2. The number of hydrogen-bond donors (Lipinski definition) is 1. The van der Waals surface area contributed by atoms with E-state index in [2.05, 4.69) is 13.8 Å². The molecule has 0 saturated carbocycles. The number of alkyl halides is 1. The van der Waals surface area contributed by atoms with E-state index >= 15 is 0 Å². The van der Waals surface area contributed by atoms with E-state index in [9.17, 15) is 13.5 Å². The van der Waals surface area contributed by atoms with Crippen molar-refractivity contribution >= 4 is 44.6 Å². The molecular formula is C24H31Cl3O5S. The summed E-state index contributed by atoms with van der Waals surface area (Å²) in [6.07, 6.45) is -0.810. The molecule has 0 saturated heterocycles. The second-order valence-electron chi connectivity index (χ2n) is 8.65. The van der Waals surface area contributed by atoms with Crippen molar-refractivity contribution in [3.8, 4) is 11.5 Å². The molecule has 184 valence electrons. The van der Waals surface area contributed by atoms with Gasteiger partial charge in [0.2, 0.25) is 0 Å². The molecule has 0 aliphatic heterocycles. The molecule has 0 aliphatic rings. The van der Waals surface area contributed by atoms with Crippen LogP contribution in [0.1, 0.15) is 38.8 Å². The minimum absolute atomic E-state index is 0.00384. The highest BCUT2D eigenvalue weighted by molar-refractivity contribution is 7.91. The minimum Gasteiger partial charge on any atom is -0.493 e. The van der Waals surface area contributed by atoms with Crippen LogP contribution in [0.2, 0.25) is 10.0 Å². The van der Waals surface area contributed by atoms with Crippen LogP contribution in [0.25, 0.3) is 0 Å². The first kappa shape index (κ1) is 28.1. The van der Waals surface area contributed by atoms with Crippen LogP contribution in [0, 0.1) is 5.92 Å². The SMILES string of the molecule is CCS(=O)(=O)C[C@@H](C)COc1ccc(C(C)(C)c2cc(Cl)c(OC[C@@H](O)CCl)c(Cl)c2)cc1. The quantitative estimate of drug-likeness (QED) is 0.349. The van der Waals surface area contributed by atoms with E-state index in [1.807, 2.05) is 31.2 Å². The molecule has 0 aliphatic carbocycles. The van der Waals surface area contributed by atoms with Crippen LogP contribution in [-0.4, -0.2) is 50.2 Å². The Labute approximate surface area is 211 Å². The van der Waals surface area contributed by atoms with Gasteiger partial charge in [0.25, 0.3) is 0 Å². The lowest BCUT2D eigenvalue weighted by Crippen LogP contribution is -2.21. The summed E-state index contributed by atoms with van der Waals surface area (Å²) >= 11 is 18.4. The highest BCUT2D eigenvalue weighted by atomic mass is 35.5. The molecule has 0 unspecified atom stereocenters. The van der Waals surface area contributed by atoms with Gasteiger partial charge in [-0.3, -0.25) is 0 Å². The van der Waals surface area contributed by atoms with E-state index < -0.39 is 21.4 Å². The first-order valence-corrected chi connectivity index (χ1v) is 13.8. The Morgan fingerprint density at radius 1 is 1.00 bits per heavy atom. The predicted octanol–water partition coefficient (Wildman–Crippen LogP) is 5.75. The van der Waals surface area contributed by atoms with E-state index in [1.165, 1.54) is 0 Å². The van der Waals surface area contributed by atoms with Crippen LogP contribution >= 0.6 is 34.8 Å². The van der Waals surface area contributed by atoms with Gasteiger partial charge in [0.05, 0.1) is 28.3 Å². The van der Waals surface area contributed by atoms with E-state index in [-0.39, 0.29) is 29.9 Å². The fourth-order valence-electron chi connectivity index (χ4n) is 3.26. The van der Waals surface area contributed by atoms with E-state index in [0.717, 1.165) is 11.1 Å². The summed E-state index contributed by atoms with van der Waals surface area (Å²) in [4.78, 5) is 0. The number of benzene rings is 2. The average molecular weight is 538 g/mol.